The molecule has 156 valence electrons. The van der Waals surface area contributed by atoms with Gasteiger partial charge in [-0.3, -0.25) is 9.78 Å². The van der Waals surface area contributed by atoms with E-state index in [1.807, 2.05) is 0 Å². The third-order valence-corrected chi connectivity index (χ3v) is 4.51. The molecule has 0 fully saturated rings. The predicted octanol–water partition coefficient (Wildman–Crippen LogP) is 2.53. The van der Waals surface area contributed by atoms with Crippen LogP contribution in [0.25, 0.3) is 11.0 Å². The van der Waals surface area contributed by atoms with Crippen LogP contribution in [0.5, 0.6) is 0 Å². The number of hydrogen-bond donors (Lipinski definition) is 2. The van der Waals surface area contributed by atoms with E-state index >= 15 is 0 Å². The number of hydrogen-bond acceptors (Lipinski definition) is 5. The summed E-state index contributed by atoms with van der Waals surface area (Å²) in [4.78, 5) is 21.0. The molecule has 3 aromatic rings. The van der Waals surface area contributed by atoms with Crippen molar-refractivity contribution in [1.82, 2.24) is 19.7 Å². The van der Waals surface area contributed by atoms with Crippen molar-refractivity contribution in [2.45, 2.75) is 32.2 Å². The Morgan fingerprint density at radius 3 is 2.55 bits per heavy atom. The third kappa shape index (κ3) is 4.09. The fourth-order valence-corrected chi connectivity index (χ4v) is 3.02. The van der Waals surface area contributed by atoms with E-state index in [9.17, 15) is 27.5 Å². The summed E-state index contributed by atoms with van der Waals surface area (Å²) in [5, 5.41) is 13.9. The zero-order valence-corrected chi connectivity index (χ0v) is 15.9. The van der Waals surface area contributed by atoms with Crippen molar-refractivity contribution < 1.29 is 22.7 Å². The van der Waals surface area contributed by atoms with E-state index in [2.05, 4.69) is 15.1 Å². The molecule has 0 saturated heterocycles. The van der Waals surface area contributed by atoms with Gasteiger partial charge < -0.3 is 10.0 Å². The van der Waals surface area contributed by atoms with Crippen molar-refractivity contribution in [3.05, 3.63) is 51.2 Å². The molecule has 0 spiro atoms. The van der Waals surface area contributed by atoms with Gasteiger partial charge in [0.1, 0.15) is 16.9 Å². The number of nitrogens with zero attached hydrogens (tertiary/aromatic N) is 4. The molecule has 1 aromatic carbocycles. The predicted molar refractivity (Wildman–Crippen MR) is 98.4 cm³/mol. The molecule has 11 heteroatoms. The molecule has 0 bridgehead atoms. The van der Waals surface area contributed by atoms with Crippen molar-refractivity contribution in [3.63, 3.8) is 0 Å². The Morgan fingerprint density at radius 2 is 2.00 bits per heavy atom. The molecule has 7 nitrogen and oxygen atoms in total. The van der Waals surface area contributed by atoms with Crippen molar-refractivity contribution in [1.29, 1.82) is 0 Å². The second-order valence-corrected chi connectivity index (χ2v) is 6.85. The minimum atomic E-state index is -4.52. The molecule has 0 amide bonds. The molecule has 2 heterocycles. The Hall–Kier alpha value is -2.95. The smallest absolute Gasteiger partial charge is 0.390 e. The first-order valence-electron chi connectivity index (χ1n) is 8.66. The summed E-state index contributed by atoms with van der Waals surface area (Å²) >= 11 is 0. The number of rotatable bonds is 5. The maximum absolute atomic E-state index is 14.2. The van der Waals surface area contributed by atoms with Crippen LogP contribution in [0.2, 0.25) is 0 Å². The number of H-pyrrole nitrogens is 1. The van der Waals surface area contributed by atoms with Gasteiger partial charge in [0.25, 0.3) is 5.56 Å². The second kappa shape index (κ2) is 7.47. The van der Waals surface area contributed by atoms with E-state index in [0.29, 0.717) is 5.56 Å². The SMILES string of the molecule is C[C@H](c1ccc(CC(F)(F)F)c(F)c1)n1nc(CO)c2c(=O)[nH]c(N(C)C)nc21. The van der Waals surface area contributed by atoms with Crippen molar-refractivity contribution in [3.8, 4) is 0 Å². The van der Waals surface area contributed by atoms with E-state index < -0.39 is 42.2 Å². The first-order chi connectivity index (χ1) is 13.5. The molecule has 0 unspecified atom stereocenters. The highest BCUT2D eigenvalue weighted by molar-refractivity contribution is 5.78. The molecule has 2 aromatic heterocycles. The highest BCUT2D eigenvalue weighted by Crippen LogP contribution is 2.28. The molecule has 2 N–H and O–H groups in total. The first-order valence-corrected chi connectivity index (χ1v) is 8.66. The number of aromatic amines is 1. The number of benzene rings is 1. The highest BCUT2D eigenvalue weighted by atomic mass is 19.4. The number of aliphatic hydroxyl groups excluding tert-OH is 1. The number of alkyl halides is 3. The maximum Gasteiger partial charge on any atom is 0.393 e. The molecule has 1 atom stereocenters. The van der Waals surface area contributed by atoms with Crippen LogP contribution in [-0.4, -0.2) is 45.1 Å². The van der Waals surface area contributed by atoms with Crippen LogP contribution in [0.4, 0.5) is 23.5 Å². The van der Waals surface area contributed by atoms with Crippen LogP contribution >= 0.6 is 0 Å². The summed E-state index contributed by atoms with van der Waals surface area (Å²) in [7, 11) is 3.35. The summed E-state index contributed by atoms with van der Waals surface area (Å²) in [6.07, 6.45) is -5.88. The van der Waals surface area contributed by atoms with Crippen LogP contribution < -0.4 is 10.5 Å². The fraction of sp³-hybridized carbons (Fsp3) is 0.389. The topological polar surface area (TPSA) is 87.0 Å². The van der Waals surface area contributed by atoms with Gasteiger partial charge in [0.15, 0.2) is 5.65 Å². The van der Waals surface area contributed by atoms with Crippen LogP contribution in [-0.2, 0) is 13.0 Å². The molecule has 0 aliphatic carbocycles. The Kier molecular flexibility index (Phi) is 5.35. The van der Waals surface area contributed by atoms with Gasteiger partial charge in [-0.15, -0.1) is 0 Å². The number of aromatic nitrogens is 4. The second-order valence-electron chi connectivity index (χ2n) is 6.85. The van der Waals surface area contributed by atoms with Gasteiger partial charge in [0.05, 0.1) is 19.1 Å². The normalized spacial score (nSPS) is 13.1. The average Bonchev–Trinajstić information content (AvgIpc) is 3.01. The Morgan fingerprint density at radius 1 is 1.31 bits per heavy atom. The third-order valence-electron chi connectivity index (χ3n) is 4.51. The number of halogens is 4. The number of fused-ring (bicyclic) bond motifs is 1. The van der Waals surface area contributed by atoms with Crippen LogP contribution in [0.15, 0.2) is 23.0 Å². The average molecular weight is 413 g/mol. The first kappa shape index (κ1) is 20.8. The monoisotopic (exact) mass is 413 g/mol. The molecular weight excluding hydrogens is 394 g/mol. The van der Waals surface area contributed by atoms with E-state index in [1.165, 1.54) is 10.7 Å². The van der Waals surface area contributed by atoms with Gasteiger partial charge in [0.2, 0.25) is 5.95 Å². The minimum Gasteiger partial charge on any atom is -0.390 e. The molecule has 3 rings (SSSR count). The lowest BCUT2D eigenvalue weighted by atomic mass is 10.0. The van der Waals surface area contributed by atoms with Gasteiger partial charge in [-0.2, -0.15) is 23.3 Å². The molecule has 0 saturated carbocycles. The van der Waals surface area contributed by atoms with E-state index in [4.69, 9.17) is 0 Å². The lowest BCUT2D eigenvalue weighted by Gasteiger charge is -2.16. The van der Waals surface area contributed by atoms with E-state index in [-0.39, 0.29) is 22.7 Å². The molecule has 0 aliphatic heterocycles. The molecule has 0 radical (unpaired) electrons. The lowest BCUT2D eigenvalue weighted by molar-refractivity contribution is -0.127. The van der Waals surface area contributed by atoms with Crippen LogP contribution in [0, 0.1) is 5.82 Å². The van der Waals surface area contributed by atoms with Crippen molar-refractivity contribution in [2.24, 2.45) is 0 Å². The number of anilines is 1. The summed E-state index contributed by atoms with van der Waals surface area (Å²) in [6, 6.07) is 2.81. The number of aliphatic hydroxyl groups is 1. The maximum atomic E-state index is 14.2. The van der Waals surface area contributed by atoms with Crippen molar-refractivity contribution >= 4 is 17.0 Å². The Balaban J connectivity index is 2.10. The standard InChI is InChI=1S/C18H19F4N5O2/c1-9(10-4-5-11(12(19)6-10)7-18(20,21)22)27-15-14(13(8-28)25-27)16(29)24-17(23-15)26(2)3/h4-6,9,28H,7-8H2,1-3H3,(H,23,24,29)/t9-/m1/s1. The van der Waals surface area contributed by atoms with Crippen molar-refractivity contribution in [2.75, 3.05) is 19.0 Å². The Bertz CT molecular complexity index is 1100. The number of nitrogens with one attached hydrogen (secondary N) is 1. The molecule has 0 aliphatic rings. The largest absolute Gasteiger partial charge is 0.393 e. The minimum absolute atomic E-state index is 0.0964. The fourth-order valence-electron chi connectivity index (χ4n) is 3.02. The zero-order chi connectivity index (χ0) is 21.5. The highest BCUT2D eigenvalue weighted by Gasteiger charge is 2.29. The van der Waals surface area contributed by atoms with Gasteiger partial charge in [-0.25, -0.2) is 9.07 Å². The van der Waals surface area contributed by atoms with Gasteiger partial charge in [-0.05, 0) is 24.1 Å². The summed E-state index contributed by atoms with van der Waals surface area (Å²) in [5.41, 5.74) is -0.336. The van der Waals surface area contributed by atoms with E-state index in [1.54, 1.807) is 25.9 Å². The summed E-state index contributed by atoms with van der Waals surface area (Å²) in [5.74, 6) is -0.725. The van der Waals surface area contributed by atoms with Gasteiger partial charge >= 0.3 is 6.18 Å². The quantitative estimate of drug-likeness (QED) is 0.628. The molecular formula is C18H19F4N5O2. The van der Waals surface area contributed by atoms with Gasteiger partial charge in [0, 0.05) is 14.1 Å². The summed E-state index contributed by atoms with van der Waals surface area (Å²) in [6.45, 7) is 1.13. The van der Waals surface area contributed by atoms with E-state index in [0.717, 1.165) is 12.1 Å². The zero-order valence-electron chi connectivity index (χ0n) is 15.9. The van der Waals surface area contributed by atoms with Crippen LogP contribution in [0.1, 0.15) is 29.8 Å². The Labute approximate surface area is 162 Å². The summed E-state index contributed by atoms with van der Waals surface area (Å²) < 4.78 is 53.2. The molecule has 29 heavy (non-hydrogen) atoms. The lowest BCUT2D eigenvalue weighted by Crippen LogP contribution is -2.20. The van der Waals surface area contributed by atoms with Gasteiger partial charge in [-0.1, -0.05) is 12.1 Å². The van der Waals surface area contributed by atoms with Crippen LogP contribution in [0.3, 0.4) is 0 Å².